The van der Waals surface area contributed by atoms with Gasteiger partial charge in [0.2, 0.25) is 0 Å². The van der Waals surface area contributed by atoms with Crippen molar-refractivity contribution in [2.24, 2.45) is 0 Å². The van der Waals surface area contributed by atoms with Gasteiger partial charge < -0.3 is 11.5 Å². The Hall–Kier alpha value is -7.93. The van der Waals surface area contributed by atoms with E-state index in [0.29, 0.717) is 45.1 Å². The van der Waals surface area contributed by atoms with Crippen LogP contribution in [0.5, 0.6) is 0 Å². The summed E-state index contributed by atoms with van der Waals surface area (Å²) in [6.07, 6.45) is 0. The van der Waals surface area contributed by atoms with Gasteiger partial charge >= 0.3 is 0 Å². The molecule has 0 aromatic heterocycles. The number of imide groups is 2. The zero-order valence-corrected chi connectivity index (χ0v) is 30.2. The Morgan fingerprint density at radius 2 is 0.746 bits per heavy atom. The zero-order chi connectivity index (χ0) is 41.4. The Balaban J connectivity index is 0.981. The molecule has 0 radical (unpaired) electrons. The van der Waals surface area contributed by atoms with Crippen molar-refractivity contribution in [3.63, 3.8) is 0 Å². The van der Waals surface area contributed by atoms with Crippen LogP contribution in [0.15, 0.2) is 127 Å². The summed E-state index contributed by atoms with van der Waals surface area (Å²) in [5, 5.41) is 0. The van der Waals surface area contributed by atoms with Gasteiger partial charge in [0.05, 0.1) is 33.6 Å². The molecule has 0 bridgehead atoms. The van der Waals surface area contributed by atoms with Crippen molar-refractivity contribution in [1.29, 1.82) is 0 Å². The number of amides is 4. The molecule has 4 amide bonds. The highest BCUT2D eigenvalue weighted by Crippen LogP contribution is 2.40. The van der Waals surface area contributed by atoms with E-state index < -0.39 is 80.7 Å². The highest BCUT2D eigenvalue weighted by atomic mass is 19.2. The highest BCUT2D eigenvalue weighted by molar-refractivity contribution is 6.35. The van der Waals surface area contributed by atoms with Crippen molar-refractivity contribution >= 4 is 46.4 Å². The molecular weight excluding hydrogens is 768 g/mol. The highest BCUT2D eigenvalue weighted by Gasteiger charge is 2.40. The van der Waals surface area contributed by atoms with Gasteiger partial charge in [0, 0.05) is 33.6 Å². The minimum atomic E-state index is -1.68. The van der Waals surface area contributed by atoms with Crippen molar-refractivity contribution < 1.29 is 41.1 Å². The normalized spacial score (nSPS) is 13.4. The molecule has 4 N–H and O–H groups in total. The van der Waals surface area contributed by atoms with Crippen molar-refractivity contribution in [3.8, 4) is 44.5 Å². The molecule has 2 aliphatic heterocycles. The first-order chi connectivity index (χ1) is 28.3. The van der Waals surface area contributed by atoms with Crippen molar-refractivity contribution in [1.82, 2.24) is 0 Å². The van der Waals surface area contributed by atoms with Crippen molar-refractivity contribution in [3.05, 3.63) is 179 Å². The lowest BCUT2D eigenvalue weighted by Crippen LogP contribution is -2.30. The third-order valence-corrected chi connectivity index (χ3v) is 10.4. The SMILES string of the molecule is Nc1ccc(-c2ccc3c(c2)C(=O)N(c2ccc(-c4cc(F)c(-c5ccc(N6C(=O)c7ccc(-c8ccc(N)cc8)cc7C6=O)c(F)c5F)cc4F)c(F)c2)C3=O)cc1. The molecule has 0 aliphatic carbocycles. The minimum absolute atomic E-state index is 0.0465. The Morgan fingerprint density at radius 3 is 1.27 bits per heavy atom. The van der Waals surface area contributed by atoms with Gasteiger partial charge in [0.1, 0.15) is 17.5 Å². The molecule has 2 aliphatic rings. The quantitative estimate of drug-likeness (QED) is 0.0981. The second-order valence-electron chi connectivity index (χ2n) is 13.9. The third-order valence-electron chi connectivity index (χ3n) is 10.4. The summed E-state index contributed by atoms with van der Waals surface area (Å²) >= 11 is 0. The smallest absolute Gasteiger partial charge is 0.266 e. The molecule has 9 rings (SSSR count). The molecule has 0 saturated carbocycles. The van der Waals surface area contributed by atoms with Crippen LogP contribution in [0.4, 0.5) is 44.7 Å². The average molecular weight is 793 g/mol. The summed E-state index contributed by atoms with van der Waals surface area (Å²) in [5.74, 6) is -10.2. The minimum Gasteiger partial charge on any atom is -0.399 e. The predicted molar refractivity (Wildman–Crippen MR) is 212 cm³/mol. The van der Waals surface area contributed by atoms with Crippen LogP contribution in [0.25, 0.3) is 44.5 Å². The van der Waals surface area contributed by atoms with Gasteiger partial charge in [-0.1, -0.05) is 36.4 Å². The maximum absolute atomic E-state index is 15.7. The van der Waals surface area contributed by atoms with Crippen LogP contribution < -0.4 is 21.3 Å². The van der Waals surface area contributed by atoms with Crippen LogP contribution >= 0.6 is 0 Å². The van der Waals surface area contributed by atoms with Gasteiger partial charge in [-0.15, -0.1) is 0 Å². The molecule has 0 saturated heterocycles. The van der Waals surface area contributed by atoms with E-state index in [1.165, 1.54) is 30.3 Å². The average Bonchev–Trinajstić information content (AvgIpc) is 3.63. The second-order valence-corrected chi connectivity index (χ2v) is 13.9. The van der Waals surface area contributed by atoms with Crippen LogP contribution in [0.3, 0.4) is 0 Å². The third kappa shape index (κ3) is 5.90. The largest absolute Gasteiger partial charge is 0.399 e. The van der Waals surface area contributed by atoms with E-state index in [-0.39, 0.29) is 27.9 Å². The van der Waals surface area contributed by atoms with E-state index in [9.17, 15) is 19.2 Å². The number of anilines is 4. The molecule has 59 heavy (non-hydrogen) atoms. The van der Waals surface area contributed by atoms with Crippen LogP contribution in [0, 0.1) is 29.1 Å². The number of fused-ring (bicyclic) bond motifs is 2. The lowest BCUT2D eigenvalue weighted by Gasteiger charge is -2.17. The number of rotatable bonds is 6. The number of nitrogens with two attached hydrogens (primary N) is 2. The lowest BCUT2D eigenvalue weighted by molar-refractivity contribution is 0.0909. The number of nitrogen functional groups attached to an aromatic ring is 2. The Bertz CT molecular complexity index is 3010. The van der Waals surface area contributed by atoms with Gasteiger partial charge in [0.25, 0.3) is 23.6 Å². The topological polar surface area (TPSA) is 127 Å². The maximum Gasteiger partial charge on any atom is 0.266 e. The summed E-state index contributed by atoms with van der Waals surface area (Å²) in [6, 6.07) is 28.7. The summed E-state index contributed by atoms with van der Waals surface area (Å²) < 4.78 is 78.6. The molecule has 2 heterocycles. The fourth-order valence-electron chi connectivity index (χ4n) is 7.39. The molecule has 13 heteroatoms. The van der Waals surface area contributed by atoms with Gasteiger partial charge in [0.15, 0.2) is 11.6 Å². The molecule has 8 nitrogen and oxygen atoms in total. The summed E-state index contributed by atoms with van der Waals surface area (Å²) in [4.78, 5) is 54.7. The monoisotopic (exact) mass is 792 g/mol. The molecule has 7 aromatic carbocycles. The number of hydrogen-bond donors (Lipinski definition) is 2. The first-order valence-electron chi connectivity index (χ1n) is 17.9. The van der Waals surface area contributed by atoms with Crippen molar-refractivity contribution in [2.45, 2.75) is 0 Å². The summed E-state index contributed by atoms with van der Waals surface area (Å²) in [5.41, 5.74) is 11.9. The predicted octanol–water partition coefficient (Wildman–Crippen LogP) is 9.82. The second kappa shape index (κ2) is 13.6. The van der Waals surface area contributed by atoms with Crippen LogP contribution in [-0.4, -0.2) is 23.6 Å². The molecule has 0 fully saturated rings. The van der Waals surface area contributed by atoms with E-state index in [2.05, 4.69) is 0 Å². The van der Waals surface area contributed by atoms with E-state index in [1.807, 2.05) is 0 Å². The molecule has 0 atom stereocenters. The van der Waals surface area contributed by atoms with E-state index in [1.54, 1.807) is 60.7 Å². The fraction of sp³-hybridized carbons (Fsp3) is 0. The summed E-state index contributed by atoms with van der Waals surface area (Å²) in [6.45, 7) is 0. The van der Waals surface area contributed by atoms with E-state index in [0.717, 1.165) is 34.7 Å². The Labute approximate surface area is 331 Å². The number of carbonyl (C=O) groups is 4. The van der Waals surface area contributed by atoms with Crippen LogP contribution in [0.1, 0.15) is 41.4 Å². The van der Waals surface area contributed by atoms with Gasteiger partial charge in [-0.25, -0.2) is 31.8 Å². The summed E-state index contributed by atoms with van der Waals surface area (Å²) in [7, 11) is 0. The number of carbonyl (C=O) groups excluding carboxylic acids is 4. The van der Waals surface area contributed by atoms with Crippen LogP contribution in [0.2, 0.25) is 0 Å². The number of benzene rings is 7. The van der Waals surface area contributed by atoms with Crippen molar-refractivity contribution in [2.75, 3.05) is 21.3 Å². The number of halogens is 5. The van der Waals surface area contributed by atoms with E-state index >= 15 is 22.0 Å². The maximum atomic E-state index is 15.7. The molecule has 7 aromatic rings. The first kappa shape index (κ1) is 36.7. The molecular formula is C46H25F5N4O4. The molecule has 0 unspecified atom stereocenters. The number of nitrogens with zero attached hydrogens (tertiary/aromatic N) is 2. The first-order valence-corrected chi connectivity index (χ1v) is 17.9. The standard InChI is InChI=1S/C46H25F5N4O4/c47-37-19-28(54-43(56)31-12-5-24(17-35(31)45(54)58)22-1-7-26(52)8-2-22)11-14-29(37)33-20-39(49)34(21-38(33)48)30-15-16-40(42(51)41(30)50)55-44(57)32-13-6-25(18-36(32)46(55)59)23-3-9-27(53)10-4-23/h1-21H,52-53H2. The van der Waals surface area contributed by atoms with Gasteiger partial charge in [-0.05, 0) is 113 Å². The van der Waals surface area contributed by atoms with Gasteiger partial charge in [-0.2, -0.15) is 0 Å². The Kier molecular flexibility index (Phi) is 8.47. The van der Waals surface area contributed by atoms with Gasteiger partial charge in [-0.3, -0.25) is 19.2 Å². The zero-order valence-electron chi connectivity index (χ0n) is 30.2. The fourth-order valence-corrected chi connectivity index (χ4v) is 7.39. The van der Waals surface area contributed by atoms with E-state index in [4.69, 9.17) is 11.5 Å². The van der Waals surface area contributed by atoms with Crippen LogP contribution in [-0.2, 0) is 0 Å². The number of hydrogen-bond acceptors (Lipinski definition) is 6. The Morgan fingerprint density at radius 1 is 0.339 bits per heavy atom. The molecule has 288 valence electrons. The lowest BCUT2D eigenvalue weighted by atomic mass is 9.97. The molecule has 0 spiro atoms.